The van der Waals surface area contributed by atoms with Gasteiger partial charge >= 0.3 is 0 Å². The zero-order chi connectivity index (χ0) is 23.0. The average molecular weight is 450 g/mol. The number of benzene rings is 3. The van der Waals surface area contributed by atoms with Crippen LogP contribution in [-0.2, 0) is 9.59 Å². The fourth-order valence-corrected chi connectivity index (χ4v) is 4.09. The molecule has 2 N–H and O–H groups in total. The fourth-order valence-electron chi connectivity index (χ4n) is 3.83. The van der Waals surface area contributed by atoms with E-state index in [1.54, 1.807) is 48.5 Å². The maximum absolute atomic E-state index is 13.1. The summed E-state index contributed by atoms with van der Waals surface area (Å²) >= 11 is 6.21. The van der Waals surface area contributed by atoms with E-state index in [1.165, 1.54) is 24.1 Å². The maximum Gasteiger partial charge on any atom is 0.300 e. The smallest absolute Gasteiger partial charge is 0.300 e. The molecular formula is C25H20ClNO5. The molecular weight excluding hydrogens is 430 g/mol. The molecule has 3 aromatic rings. The van der Waals surface area contributed by atoms with Gasteiger partial charge in [0.25, 0.3) is 11.7 Å². The number of Topliss-reactive ketones (excluding diaryl/α,β-unsaturated/α-hetero) is 1. The van der Waals surface area contributed by atoms with Crippen LogP contribution in [0, 0.1) is 6.92 Å². The van der Waals surface area contributed by atoms with Crippen molar-refractivity contribution < 1.29 is 24.5 Å². The van der Waals surface area contributed by atoms with Crippen molar-refractivity contribution in [3.05, 3.63) is 94.0 Å². The Labute approximate surface area is 189 Å². The summed E-state index contributed by atoms with van der Waals surface area (Å²) in [4.78, 5) is 27.5. The Hall–Kier alpha value is -3.77. The molecule has 0 saturated carbocycles. The highest BCUT2D eigenvalue weighted by Gasteiger charge is 2.47. The largest absolute Gasteiger partial charge is 0.507 e. The van der Waals surface area contributed by atoms with Crippen molar-refractivity contribution in [3.8, 4) is 11.5 Å². The topological polar surface area (TPSA) is 87.1 Å². The van der Waals surface area contributed by atoms with Crippen LogP contribution in [-0.4, -0.2) is 29.0 Å². The second kappa shape index (κ2) is 8.40. The van der Waals surface area contributed by atoms with Crippen LogP contribution in [0.5, 0.6) is 11.5 Å². The Morgan fingerprint density at radius 3 is 2.41 bits per heavy atom. The zero-order valence-corrected chi connectivity index (χ0v) is 18.1. The highest BCUT2D eigenvalue weighted by molar-refractivity contribution is 6.52. The summed E-state index contributed by atoms with van der Waals surface area (Å²) in [6.07, 6.45) is 0. The lowest BCUT2D eigenvalue weighted by molar-refractivity contribution is -0.132. The van der Waals surface area contributed by atoms with Crippen LogP contribution < -0.4 is 9.64 Å². The van der Waals surface area contributed by atoms with Crippen molar-refractivity contribution >= 4 is 34.7 Å². The summed E-state index contributed by atoms with van der Waals surface area (Å²) in [5, 5.41) is 21.9. The number of phenols is 1. The molecule has 4 rings (SSSR count). The van der Waals surface area contributed by atoms with E-state index in [1.807, 2.05) is 13.0 Å². The van der Waals surface area contributed by atoms with Gasteiger partial charge < -0.3 is 14.9 Å². The summed E-state index contributed by atoms with van der Waals surface area (Å²) in [5.41, 5.74) is 1.77. The Bertz CT molecular complexity index is 1250. The summed E-state index contributed by atoms with van der Waals surface area (Å²) in [5.74, 6) is -1.81. The van der Waals surface area contributed by atoms with Gasteiger partial charge in [-0.25, -0.2) is 0 Å². The number of carbonyl (C=O) groups is 2. The van der Waals surface area contributed by atoms with E-state index < -0.39 is 17.7 Å². The van der Waals surface area contributed by atoms with Gasteiger partial charge in [-0.05, 0) is 48.4 Å². The van der Waals surface area contributed by atoms with Crippen molar-refractivity contribution in [2.45, 2.75) is 13.0 Å². The highest BCUT2D eigenvalue weighted by atomic mass is 35.5. The molecule has 1 unspecified atom stereocenters. The summed E-state index contributed by atoms with van der Waals surface area (Å²) in [7, 11) is 1.47. The molecule has 1 aliphatic rings. The minimum Gasteiger partial charge on any atom is -0.507 e. The quantitative estimate of drug-likeness (QED) is 0.333. The lowest BCUT2D eigenvalue weighted by Crippen LogP contribution is -2.29. The van der Waals surface area contributed by atoms with Crippen molar-refractivity contribution in [2.75, 3.05) is 12.0 Å². The number of carbonyl (C=O) groups excluding carboxylic acids is 2. The number of aliphatic hydroxyl groups is 1. The lowest BCUT2D eigenvalue weighted by Gasteiger charge is -2.26. The maximum atomic E-state index is 13.1. The molecule has 3 aromatic carbocycles. The molecule has 32 heavy (non-hydrogen) atoms. The highest BCUT2D eigenvalue weighted by Crippen LogP contribution is 2.45. The molecule has 1 saturated heterocycles. The van der Waals surface area contributed by atoms with Crippen LogP contribution in [0.1, 0.15) is 22.7 Å². The van der Waals surface area contributed by atoms with Gasteiger partial charge in [0.15, 0.2) is 0 Å². The molecule has 0 aliphatic carbocycles. The number of hydrogen-bond donors (Lipinski definition) is 2. The summed E-state index contributed by atoms with van der Waals surface area (Å²) < 4.78 is 5.15. The predicted octanol–water partition coefficient (Wildman–Crippen LogP) is 4.99. The number of aromatic hydroxyl groups is 1. The van der Waals surface area contributed by atoms with E-state index in [9.17, 15) is 19.8 Å². The third-order valence-corrected chi connectivity index (χ3v) is 5.67. The van der Waals surface area contributed by atoms with Gasteiger partial charge in [-0.3, -0.25) is 14.5 Å². The Kier molecular flexibility index (Phi) is 5.63. The molecule has 0 bridgehead atoms. The van der Waals surface area contributed by atoms with Gasteiger partial charge in [-0.2, -0.15) is 0 Å². The molecule has 1 fully saturated rings. The SMILES string of the molecule is COc1ccc(/C(O)=C2/C(=O)C(=O)N(c3cc(C)ccc3O)C2c2ccccc2)cc1Cl. The Morgan fingerprint density at radius 2 is 1.75 bits per heavy atom. The number of rotatable bonds is 4. The van der Waals surface area contributed by atoms with Crippen LogP contribution in [0.2, 0.25) is 5.02 Å². The molecule has 1 heterocycles. The van der Waals surface area contributed by atoms with Gasteiger partial charge in [-0.15, -0.1) is 0 Å². The standard InChI is InChI=1S/C25H20ClNO5/c1-14-8-10-19(28)18(12-14)27-22(15-6-4-3-5-7-15)21(24(30)25(27)31)23(29)16-9-11-20(32-2)17(26)13-16/h3-13,22,28-29H,1-2H3/b23-21-. The van der Waals surface area contributed by atoms with Crippen LogP contribution in [0.15, 0.2) is 72.3 Å². The van der Waals surface area contributed by atoms with E-state index in [-0.39, 0.29) is 33.4 Å². The fraction of sp³-hybridized carbons (Fsp3) is 0.120. The molecule has 1 amide bonds. The van der Waals surface area contributed by atoms with Crippen LogP contribution in [0.3, 0.4) is 0 Å². The first-order valence-corrected chi connectivity index (χ1v) is 10.2. The number of anilines is 1. The van der Waals surface area contributed by atoms with Crippen LogP contribution in [0.25, 0.3) is 5.76 Å². The number of aryl methyl sites for hydroxylation is 1. The lowest BCUT2D eigenvalue weighted by atomic mass is 9.95. The molecule has 7 heteroatoms. The molecule has 0 aromatic heterocycles. The van der Waals surface area contributed by atoms with Gasteiger partial charge in [0, 0.05) is 5.56 Å². The number of nitrogens with zero attached hydrogens (tertiary/aromatic N) is 1. The van der Waals surface area contributed by atoms with Crippen LogP contribution >= 0.6 is 11.6 Å². The number of aliphatic hydroxyl groups excluding tert-OH is 1. The van der Waals surface area contributed by atoms with Gasteiger partial charge in [0.2, 0.25) is 0 Å². The van der Waals surface area contributed by atoms with Gasteiger partial charge in [-0.1, -0.05) is 48.0 Å². The molecule has 0 spiro atoms. The summed E-state index contributed by atoms with van der Waals surface area (Å²) in [6, 6.07) is 17.3. The molecule has 1 aliphatic heterocycles. The number of halogens is 1. The van der Waals surface area contributed by atoms with E-state index in [0.29, 0.717) is 11.3 Å². The van der Waals surface area contributed by atoms with Crippen LogP contribution in [0.4, 0.5) is 5.69 Å². The molecule has 0 radical (unpaired) electrons. The number of ether oxygens (including phenoxy) is 1. The number of phenolic OH excluding ortho intramolecular Hbond substituents is 1. The van der Waals surface area contributed by atoms with Crippen molar-refractivity contribution in [1.29, 1.82) is 0 Å². The van der Waals surface area contributed by atoms with E-state index in [2.05, 4.69) is 0 Å². The number of amides is 1. The Morgan fingerprint density at radius 1 is 1.03 bits per heavy atom. The Balaban J connectivity index is 1.96. The average Bonchev–Trinajstić information content (AvgIpc) is 3.06. The monoisotopic (exact) mass is 449 g/mol. The minimum absolute atomic E-state index is 0.0941. The van der Waals surface area contributed by atoms with E-state index >= 15 is 0 Å². The summed E-state index contributed by atoms with van der Waals surface area (Å²) in [6.45, 7) is 1.82. The number of methoxy groups -OCH3 is 1. The predicted molar refractivity (Wildman–Crippen MR) is 122 cm³/mol. The number of hydrogen-bond acceptors (Lipinski definition) is 5. The number of ketones is 1. The molecule has 162 valence electrons. The molecule has 1 atom stereocenters. The second-order valence-electron chi connectivity index (χ2n) is 7.42. The zero-order valence-electron chi connectivity index (χ0n) is 17.4. The van der Waals surface area contributed by atoms with Crippen molar-refractivity contribution in [2.24, 2.45) is 0 Å². The van der Waals surface area contributed by atoms with Gasteiger partial charge in [0.05, 0.1) is 29.4 Å². The molecule has 6 nitrogen and oxygen atoms in total. The normalized spacial score (nSPS) is 17.6. The third-order valence-electron chi connectivity index (χ3n) is 5.38. The van der Waals surface area contributed by atoms with E-state index in [4.69, 9.17) is 16.3 Å². The minimum atomic E-state index is -0.940. The van der Waals surface area contributed by atoms with E-state index in [0.717, 1.165) is 5.56 Å². The first-order chi connectivity index (χ1) is 15.3. The van der Waals surface area contributed by atoms with Crippen molar-refractivity contribution in [1.82, 2.24) is 0 Å². The third kappa shape index (κ3) is 3.59. The van der Waals surface area contributed by atoms with Crippen molar-refractivity contribution in [3.63, 3.8) is 0 Å². The second-order valence-corrected chi connectivity index (χ2v) is 7.83. The van der Waals surface area contributed by atoms with Gasteiger partial charge in [0.1, 0.15) is 17.3 Å². The first kappa shape index (κ1) is 21.5. The first-order valence-electron chi connectivity index (χ1n) is 9.83.